The van der Waals surface area contributed by atoms with Crippen LogP contribution in [0.3, 0.4) is 0 Å². The summed E-state index contributed by atoms with van der Waals surface area (Å²) in [5, 5.41) is 3.30. The number of carbonyl (C=O) groups is 2. The van der Waals surface area contributed by atoms with Crippen LogP contribution < -0.4 is 5.32 Å². The van der Waals surface area contributed by atoms with Gasteiger partial charge in [0.2, 0.25) is 5.91 Å². The summed E-state index contributed by atoms with van der Waals surface area (Å²) in [4.78, 5) is 28.4. The Kier molecular flexibility index (Phi) is 7.11. The van der Waals surface area contributed by atoms with E-state index in [9.17, 15) is 9.59 Å². The van der Waals surface area contributed by atoms with Gasteiger partial charge in [-0.05, 0) is 37.8 Å². The van der Waals surface area contributed by atoms with Gasteiger partial charge in [0.1, 0.15) is 5.54 Å². The molecule has 1 aromatic rings. The lowest BCUT2D eigenvalue weighted by Crippen LogP contribution is -2.63. The molecule has 0 aromatic heterocycles. The van der Waals surface area contributed by atoms with Gasteiger partial charge in [-0.15, -0.1) is 0 Å². The Hall–Kier alpha value is -1.88. The predicted molar refractivity (Wildman–Crippen MR) is 110 cm³/mol. The zero-order valence-corrected chi connectivity index (χ0v) is 17.3. The molecule has 5 heteroatoms. The van der Waals surface area contributed by atoms with Crippen molar-refractivity contribution in [2.75, 3.05) is 20.3 Å². The molecule has 0 unspecified atom stereocenters. The van der Waals surface area contributed by atoms with E-state index in [2.05, 4.69) is 5.32 Å². The molecule has 0 saturated heterocycles. The van der Waals surface area contributed by atoms with Crippen LogP contribution in [0.1, 0.15) is 74.2 Å². The highest BCUT2D eigenvalue weighted by Crippen LogP contribution is 2.32. The van der Waals surface area contributed by atoms with Gasteiger partial charge in [0, 0.05) is 38.3 Å². The minimum Gasteiger partial charge on any atom is -0.385 e. The number of fused-ring (bicyclic) bond motifs is 1. The Morgan fingerprint density at radius 1 is 1.18 bits per heavy atom. The quantitative estimate of drug-likeness (QED) is 0.758. The summed E-state index contributed by atoms with van der Waals surface area (Å²) in [5.41, 5.74) is 0.823. The van der Waals surface area contributed by atoms with Gasteiger partial charge in [0.25, 0.3) is 5.91 Å². The molecule has 5 nitrogen and oxygen atoms in total. The molecule has 1 saturated carbocycles. The second-order valence-electron chi connectivity index (χ2n) is 8.43. The van der Waals surface area contributed by atoms with Gasteiger partial charge in [-0.3, -0.25) is 9.59 Å². The van der Waals surface area contributed by atoms with E-state index in [1.54, 1.807) is 12.0 Å². The Labute approximate surface area is 168 Å². The first-order valence-corrected chi connectivity index (χ1v) is 10.8. The number of methoxy groups -OCH3 is 1. The maximum Gasteiger partial charge on any atom is 0.255 e. The molecular weight excluding hydrogens is 352 g/mol. The van der Waals surface area contributed by atoms with Crippen molar-refractivity contribution < 1.29 is 14.3 Å². The minimum atomic E-state index is -0.860. The summed E-state index contributed by atoms with van der Waals surface area (Å²) < 4.78 is 5.17. The van der Waals surface area contributed by atoms with Crippen LogP contribution in [0, 0.1) is 0 Å². The lowest BCUT2D eigenvalue weighted by Gasteiger charge is -2.44. The number of rotatable bonds is 6. The molecule has 2 amide bonds. The molecule has 1 heterocycles. The van der Waals surface area contributed by atoms with Crippen LogP contribution in [0.2, 0.25) is 0 Å². The summed E-state index contributed by atoms with van der Waals surface area (Å²) in [6, 6.07) is 7.90. The van der Waals surface area contributed by atoms with Crippen LogP contribution in [0.15, 0.2) is 24.3 Å². The Bertz CT molecular complexity index is 682. The highest BCUT2D eigenvalue weighted by atomic mass is 16.5. The van der Waals surface area contributed by atoms with E-state index in [0.29, 0.717) is 19.6 Å². The molecule has 3 rings (SSSR count). The number of amides is 2. The monoisotopic (exact) mass is 386 g/mol. The van der Waals surface area contributed by atoms with Crippen molar-refractivity contribution in [2.45, 2.75) is 76.3 Å². The van der Waals surface area contributed by atoms with Gasteiger partial charge in [0.05, 0.1) is 0 Å². The fourth-order valence-electron chi connectivity index (χ4n) is 4.58. The zero-order valence-electron chi connectivity index (χ0n) is 17.3. The van der Waals surface area contributed by atoms with Crippen LogP contribution in [0.25, 0.3) is 0 Å². The first-order chi connectivity index (χ1) is 13.6. The van der Waals surface area contributed by atoms with Crippen LogP contribution in [-0.2, 0) is 16.0 Å². The highest BCUT2D eigenvalue weighted by molar-refractivity contribution is 6.02. The first kappa shape index (κ1) is 20.8. The van der Waals surface area contributed by atoms with Crippen molar-refractivity contribution in [1.29, 1.82) is 0 Å². The van der Waals surface area contributed by atoms with E-state index < -0.39 is 5.54 Å². The zero-order chi connectivity index (χ0) is 20.0. The number of carbonyl (C=O) groups excluding carboxylic acids is 2. The van der Waals surface area contributed by atoms with E-state index in [1.165, 1.54) is 32.1 Å². The molecule has 0 radical (unpaired) electrons. The van der Waals surface area contributed by atoms with E-state index in [1.807, 2.05) is 31.2 Å². The average molecular weight is 387 g/mol. The molecule has 154 valence electrons. The summed E-state index contributed by atoms with van der Waals surface area (Å²) in [6.45, 7) is 3.02. The van der Waals surface area contributed by atoms with E-state index in [0.717, 1.165) is 30.4 Å². The van der Waals surface area contributed by atoms with E-state index >= 15 is 0 Å². The van der Waals surface area contributed by atoms with Crippen LogP contribution in [0.4, 0.5) is 0 Å². The fourth-order valence-corrected chi connectivity index (χ4v) is 4.58. The van der Waals surface area contributed by atoms with E-state index in [4.69, 9.17) is 4.74 Å². The standard InChI is InChI=1S/C23H34N2O3/c1-23(22(27)24-19-12-6-4-3-5-7-13-19)17-18-11-8-9-14-20(18)21(26)25(23)15-10-16-28-2/h8-9,11,14,19H,3-7,10,12-13,15-17H2,1-2H3,(H,24,27)/t23-/m0/s1. The lowest BCUT2D eigenvalue weighted by molar-refractivity contribution is -0.132. The van der Waals surface area contributed by atoms with Crippen molar-refractivity contribution in [3.05, 3.63) is 35.4 Å². The Morgan fingerprint density at radius 2 is 1.86 bits per heavy atom. The summed E-state index contributed by atoms with van der Waals surface area (Å²) in [5.74, 6) is -0.0633. The average Bonchev–Trinajstić information content (AvgIpc) is 2.66. The summed E-state index contributed by atoms with van der Waals surface area (Å²) in [6.07, 6.45) is 9.49. The molecule has 28 heavy (non-hydrogen) atoms. The van der Waals surface area contributed by atoms with Gasteiger partial charge in [-0.25, -0.2) is 0 Å². The molecule has 1 atom stereocenters. The van der Waals surface area contributed by atoms with Crippen molar-refractivity contribution in [1.82, 2.24) is 10.2 Å². The predicted octanol–water partition coefficient (Wildman–Crippen LogP) is 3.71. The van der Waals surface area contributed by atoms with Crippen LogP contribution >= 0.6 is 0 Å². The third kappa shape index (κ3) is 4.57. The maximum atomic E-state index is 13.4. The largest absolute Gasteiger partial charge is 0.385 e. The van der Waals surface area contributed by atoms with Gasteiger partial charge in [0.15, 0.2) is 0 Å². The highest BCUT2D eigenvalue weighted by Gasteiger charge is 2.46. The van der Waals surface area contributed by atoms with Gasteiger partial charge < -0.3 is 15.0 Å². The number of benzene rings is 1. The van der Waals surface area contributed by atoms with Crippen molar-refractivity contribution in [3.63, 3.8) is 0 Å². The number of hydrogen-bond donors (Lipinski definition) is 1. The number of ether oxygens (including phenoxy) is 1. The topological polar surface area (TPSA) is 58.6 Å². The van der Waals surface area contributed by atoms with Crippen LogP contribution in [0.5, 0.6) is 0 Å². The minimum absolute atomic E-state index is 0.0154. The summed E-state index contributed by atoms with van der Waals surface area (Å²) >= 11 is 0. The van der Waals surface area contributed by atoms with Gasteiger partial charge in [-0.2, -0.15) is 0 Å². The third-order valence-electron chi connectivity index (χ3n) is 6.28. The molecular formula is C23H34N2O3. The lowest BCUT2D eigenvalue weighted by atomic mass is 9.82. The molecule has 1 N–H and O–H groups in total. The number of nitrogens with one attached hydrogen (secondary N) is 1. The fraction of sp³-hybridized carbons (Fsp3) is 0.652. The smallest absolute Gasteiger partial charge is 0.255 e. The molecule has 0 bridgehead atoms. The maximum absolute atomic E-state index is 13.4. The molecule has 1 aliphatic carbocycles. The first-order valence-electron chi connectivity index (χ1n) is 10.8. The van der Waals surface area contributed by atoms with Crippen molar-refractivity contribution in [2.24, 2.45) is 0 Å². The molecule has 1 fully saturated rings. The Morgan fingerprint density at radius 3 is 2.57 bits per heavy atom. The molecule has 2 aliphatic rings. The molecule has 1 aromatic carbocycles. The van der Waals surface area contributed by atoms with Gasteiger partial charge >= 0.3 is 0 Å². The summed E-state index contributed by atoms with van der Waals surface area (Å²) in [7, 11) is 1.66. The second-order valence-corrected chi connectivity index (χ2v) is 8.43. The number of hydrogen-bond acceptors (Lipinski definition) is 3. The second kappa shape index (κ2) is 9.55. The SMILES string of the molecule is COCCCN1C(=O)c2ccccc2C[C@@]1(C)C(=O)NC1CCCCCCC1. The Balaban J connectivity index is 1.81. The van der Waals surface area contributed by atoms with Gasteiger partial charge in [-0.1, -0.05) is 50.3 Å². The van der Waals surface area contributed by atoms with E-state index in [-0.39, 0.29) is 17.9 Å². The van der Waals surface area contributed by atoms with Crippen LogP contribution in [-0.4, -0.2) is 48.6 Å². The van der Waals surface area contributed by atoms with Crippen molar-refractivity contribution >= 4 is 11.8 Å². The molecule has 1 aliphatic heterocycles. The molecule has 0 spiro atoms. The normalized spacial score (nSPS) is 23.6. The third-order valence-corrected chi connectivity index (χ3v) is 6.28. The number of nitrogens with zero attached hydrogens (tertiary/aromatic N) is 1. The van der Waals surface area contributed by atoms with Crippen molar-refractivity contribution in [3.8, 4) is 0 Å².